The zero-order valence-corrected chi connectivity index (χ0v) is 23.3. The van der Waals surface area contributed by atoms with E-state index in [-0.39, 0.29) is 30.6 Å². The van der Waals surface area contributed by atoms with Gasteiger partial charge in [-0.2, -0.15) is 0 Å². The fraction of sp³-hybridized carbons (Fsp3) is 0.548. The number of fused-ring (bicyclic) bond motifs is 2. The molecule has 2 atom stereocenters. The number of hydrogen-bond donors (Lipinski definition) is 0. The normalized spacial score (nSPS) is 21.4. The molecule has 0 bridgehead atoms. The molecule has 2 aromatic carbocycles. The van der Waals surface area contributed by atoms with Crippen LogP contribution in [0.3, 0.4) is 0 Å². The highest BCUT2D eigenvalue weighted by atomic mass is 35.5. The summed E-state index contributed by atoms with van der Waals surface area (Å²) < 4.78 is 12.5. The molecule has 6 nitrogen and oxygen atoms in total. The quantitative estimate of drug-likeness (QED) is 0.420. The Hall–Kier alpha value is -2.73. The first kappa shape index (κ1) is 28.3. The maximum atomic E-state index is 13.6. The SMILES string of the molecule is CCCN1CCCCCCCN(C(=O)COc2ccc(Cl)cc2)[C@@H]2CCCC[C@@H]2Oc2ccccc2C1=O. The molecular weight excluding hydrogens is 500 g/mol. The van der Waals surface area contributed by atoms with Crippen molar-refractivity contribution in [2.75, 3.05) is 26.2 Å². The first-order chi connectivity index (χ1) is 18.6. The first-order valence-electron chi connectivity index (χ1n) is 14.3. The van der Waals surface area contributed by atoms with Gasteiger partial charge in [-0.3, -0.25) is 9.59 Å². The fourth-order valence-corrected chi connectivity index (χ4v) is 5.71. The van der Waals surface area contributed by atoms with Crippen LogP contribution in [0, 0.1) is 0 Å². The highest BCUT2D eigenvalue weighted by Crippen LogP contribution is 2.31. The molecule has 0 spiro atoms. The van der Waals surface area contributed by atoms with Gasteiger partial charge in [0, 0.05) is 24.7 Å². The molecule has 7 heteroatoms. The van der Waals surface area contributed by atoms with E-state index < -0.39 is 0 Å². The number of amides is 2. The van der Waals surface area contributed by atoms with Gasteiger partial charge in [0.15, 0.2) is 6.61 Å². The molecule has 4 rings (SSSR count). The summed E-state index contributed by atoms with van der Waals surface area (Å²) in [6.45, 7) is 4.29. The van der Waals surface area contributed by atoms with Crippen molar-refractivity contribution in [2.24, 2.45) is 0 Å². The molecule has 2 aliphatic rings. The number of carbonyl (C=O) groups excluding carboxylic acids is 2. The summed E-state index contributed by atoms with van der Waals surface area (Å²) >= 11 is 5.99. The number of rotatable bonds is 5. The Kier molecular flexibility index (Phi) is 10.7. The van der Waals surface area contributed by atoms with Crippen LogP contribution in [0.15, 0.2) is 48.5 Å². The molecule has 0 aromatic heterocycles. The summed E-state index contributed by atoms with van der Waals surface area (Å²) in [5, 5.41) is 0.632. The summed E-state index contributed by atoms with van der Waals surface area (Å²) in [5.74, 6) is 1.26. The molecule has 1 aliphatic carbocycles. The van der Waals surface area contributed by atoms with E-state index in [1.54, 1.807) is 24.3 Å². The molecule has 2 amide bonds. The van der Waals surface area contributed by atoms with Crippen molar-refractivity contribution in [1.82, 2.24) is 9.80 Å². The Morgan fingerprint density at radius 1 is 0.947 bits per heavy atom. The average Bonchev–Trinajstić information content (AvgIpc) is 2.94. The predicted molar refractivity (Wildman–Crippen MR) is 151 cm³/mol. The third-order valence-corrected chi connectivity index (χ3v) is 7.82. The second-order valence-electron chi connectivity index (χ2n) is 10.4. The van der Waals surface area contributed by atoms with Crippen molar-refractivity contribution in [2.45, 2.75) is 83.3 Å². The van der Waals surface area contributed by atoms with Crippen LogP contribution in [-0.4, -0.2) is 60.0 Å². The van der Waals surface area contributed by atoms with Crippen LogP contribution in [0.2, 0.25) is 5.02 Å². The Labute approximate surface area is 232 Å². The van der Waals surface area contributed by atoms with Crippen molar-refractivity contribution in [3.05, 3.63) is 59.1 Å². The molecule has 0 N–H and O–H groups in total. The van der Waals surface area contributed by atoms with Crippen LogP contribution in [0.5, 0.6) is 11.5 Å². The van der Waals surface area contributed by atoms with E-state index in [0.29, 0.717) is 28.6 Å². The van der Waals surface area contributed by atoms with Gasteiger partial charge in [0.1, 0.15) is 17.6 Å². The zero-order valence-electron chi connectivity index (χ0n) is 22.6. The minimum Gasteiger partial charge on any atom is -0.487 e. The lowest BCUT2D eigenvalue weighted by atomic mass is 9.90. The van der Waals surface area contributed by atoms with Crippen molar-refractivity contribution < 1.29 is 19.1 Å². The number of para-hydroxylation sites is 1. The molecule has 206 valence electrons. The number of benzene rings is 2. The van der Waals surface area contributed by atoms with Gasteiger partial charge >= 0.3 is 0 Å². The van der Waals surface area contributed by atoms with Crippen LogP contribution >= 0.6 is 11.6 Å². The summed E-state index contributed by atoms with van der Waals surface area (Å²) in [6.07, 6.45) is 9.76. The monoisotopic (exact) mass is 540 g/mol. The summed E-state index contributed by atoms with van der Waals surface area (Å²) in [7, 11) is 0. The molecule has 0 unspecified atom stereocenters. The van der Waals surface area contributed by atoms with Gasteiger partial charge in [-0.1, -0.05) is 56.3 Å². The lowest BCUT2D eigenvalue weighted by Gasteiger charge is -2.40. The maximum absolute atomic E-state index is 13.6. The Bertz CT molecular complexity index is 1040. The van der Waals surface area contributed by atoms with Gasteiger partial charge in [-0.25, -0.2) is 0 Å². The molecule has 38 heavy (non-hydrogen) atoms. The second kappa shape index (κ2) is 14.4. The lowest BCUT2D eigenvalue weighted by molar-refractivity contribution is -0.139. The van der Waals surface area contributed by atoms with E-state index in [4.69, 9.17) is 21.1 Å². The van der Waals surface area contributed by atoms with E-state index in [1.165, 1.54) is 0 Å². The second-order valence-corrected chi connectivity index (χ2v) is 10.8. The first-order valence-corrected chi connectivity index (χ1v) is 14.7. The molecule has 1 aliphatic heterocycles. The largest absolute Gasteiger partial charge is 0.487 e. The maximum Gasteiger partial charge on any atom is 0.260 e. The van der Waals surface area contributed by atoms with E-state index in [0.717, 1.165) is 77.3 Å². The predicted octanol–water partition coefficient (Wildman–Crippen LogP) is 6.75. The smallest absolute Gasteiger partial charge is 0.260 e. The molecule has 0 radical (unpaired) electrons. The lowest BCUT2D eigenvalue weighted by Crippen LogP contribution is -2.52. The van der Waals surface area contributed by atoms with Crippen LogP contribution < -0.4 is 9.47 Å². The van der Waals surface area contributed by atoms with Crippen molar-refractivity contribution >= 4 is 23.4 Å². The Balaban J connectivity index is 1.57. The van der Waals surface area contributed by atoms with Gasteiger partial charge in [0.05, 0.1) is 11.6 Å². The van der Waals surface area contributed by atoms with E-state index in [9.17, 15) is 9.59 Å². The fourth-order valence-electron chi connectivity index (χ4n) is 5.59. The number of nitrogens with zero attached hydrogens (tertiary/aromatic N) is 2. The van der Waals surface area contributed by atoms with Crippen molar-refractivity contribution in [3.63, 3.8) is 0 Å². The van der Waals surface area contributed by atoms with Crippen molar-refractivity contribution in [1.29, 1.82) is 0 Å². The van der Waals surface area contributed by atoms with Gasteiger partial charge in [0.2, 0.25) is 0 Å². The van der Waals surface area contributed by atoms with E-state index in [2.05, 4.69) is 6.92 Å². The van der Waals surface area contributed by atoms with Crippen molar-refractivity contribution in [3.8, 4) is 11.5 Å². The Morgan fingerprint density at radius 3 is 2.45 bits per heavy atom. The van der Waals surface area contributed by atoms with E-state index in [1.807, 2.05) is 34.1 Å². The highest BCUT2D eigenvalue weighted by Gasteiger charge is 2.35. The molecule has 1 heterocycles. The number of ether oxygens (including phenoxy) is 2. The van der Waals surface area contributed by atoms with E-state index >= 15 is 0 Å². The number of carbonyl (C=O) groups is 2. The minimum absolute atomic E-state index is 0.0219. The van der Waals surface area contributed by atoms with Crippen LogP contribution in [0.1, 0.15) is 81.5 Å². The molecule has 2 aromatic rings. The van der Waals surface area contributed by atoms with Gasteiger partial charge < -0.3 is 19.3 Å². The molecule has 1 fully saturated rings. The zero-order chi connectivity index (χ0) is 26.7. The summed E-state index contributed by atoms with van der Waals surface area (Å²) in [5.41, 5.74) is 0.615. The summed E-state index contributed by atoms with van der Waals surface area (Å²) in [4.78, 5) is 31.1. The Morgan fingerprint density at radius 2 is 1.66 bits per heavy atom. The topological polar surface area (TPSA) is 59.1 Å². The standard InChI is InChI=1S/C31H41ClN2O4/c1-2-20-33-21-10-4-3-5-11-22-34(30(35)23-37-25-18-16-24(32)17-19-25)27-13-7-9-15-29(27)38-28-14-8-6-12-26(28)31(33)36/h6,8,12,14,16-19,27,29H,2-5,7,9-11,13,15,20-23H2,1H3/t27-,29+/m1/s1. The molecular formula is C31H41ClN2O4. The minimum atomic E-state index is -0.165. The van der Waals surface area contributed by atoms with Crippen LogP contribution in [0.4, 0.5) is 0 Å². The van der Waals surface area contributed by atoms with Gasteiger partial charge in [-0.15, -0.1) is 0 Å². The summed E-state index contributed by atoms with van der Waals surface area (Å²) in [6, 6.07) is 14.6. The molecule has 0 saturated heterocycles. The highest BCUT2D eigenvalue weighted by molar-refractivity contribution is 6.30. The van der Waals surface area contributed by atoms with Gasteiger partial charge in [0.25, 0.3) is 11.8 Å². The average molecular weight is 541 g/mol. The third-order valence-electron chi connectivity index (χ3n) is 7.57. The number of halogens is 1. The van der Waals surface area contributed by atoms with Crippen LogP contribution in [0.25, 0.3) is 0 Å². The van der Waals surface area contributed by atoms with Gasteiger partial charge in [-0.05, 0) is 74.9 Å². The third kappa shape index (κ3) is 7.66. The number of hydrogen-bond acceptors (Lipinski definition) is 4. The van der Waals surface area contributed by atoms with Crippen LogP contribution in [-0.2, 0) is 4.79 Å². The molecule has 1 saturated carbocycles.